The average Bonchev–Trinajstić information content (AvgIpc) is 3.47. The van der Waals surface area contributed by atoms with Crippen molar-refractivity contribution < 1.29 is 26.2 Å². The van der Waals surface area contributed by atoms with E-state index in [2.05, 4.69) is 148 Å². The minimum Gasteiger partial charge on any atom is -0.358 e. The molecule has 0 spiro atoms. The number of aryl methyl sites for hydroxylation is 2. The van der Waals surface area contributed by atoms with E-state index in [9.17, 15) is 0 Å². The van der Waals surface area contributed by atoms with Gasteiger partial charge in [-0.2, -0.15) is 12.1 Å². The van der Waals surface area contributed by atoms with Crippen LogP contribution in [-0.2, 0) is 26.2 Å². The largest absolute Gasteiger partial charge is 3.00 e. The zero-order chi connectivity index (χ0) is 23.9. The minimum atomic E-state index is 0. The van der Waals surface area contributed by atoms with Crippen LogP contribution in [0.2, 0.25) is 0 Å². The molecule has 0 aliphatic carbocycles. The average molecular weight is 545 g/mol. The van der Waals surface area contributed by atoms with Crippen LogP contribution in [0.25, 0.3) is 43.8 Å². The Morgan fingerprint density at radius 1 is 0.500 bits per heavy atom. The molecule has 0 unspecified atom stereocenters. The van der Waals surface area contributed by atoms with Crippen LogP contribution in [0.3, 0.4) is 0 Å². The number of rotatable bonds is 2. The summed E-state index contributed by atoms with van der Waals surface area (Å²) < 4.78 is 0. The molecular weight excluding hydrogens is 512 g/mol. The van der Waals surface area contributed by atoms with E-state index in [1.165, 1.54) is 54.9 Å². The zero-order valence-electron chi connectivity index (χ0n) is 21.5. The SMILES string of the molecule is C=C.Cc1cc2c(-c3ccccc3)cccc2[cH-]1.Cc1cc2c(-c3ccccc3)cccc2[cH-]1.[CH3-].[Zr+3]. The quantitative estimate of drug-likeness (QED) is 0.150. The van der Waals surface area contributed by atoms with E-state index in [0.29, 0.717) is 0 Å². The molecule has 6 rings (SSSR count). The predicted molar refractivity (Wildman–Crippen MR) is 157 cm³/mol. The first-order valence-corrected chi connectivity index (χ1v) is 11.6. The molecule has 0 aliphatic heterocycles. The molecule has 0 fully saturated rings. The Kier molecular flexibility index (Phi) is 11.0. The molecule has 6 aromatic rings. The van der Waals surface area contributed by atoms with Crippen LogP contribution < -0.4 is 0 Å². The van der Waals surface area contributed by atoms with Gasteiger partial charge in [-0.25, -0.2) is 0 Å². The van der Waals surface area contributed by atoms with E-state index in [4.69, 9.17) is 0 Å². The van der Waals surface area contributed by atoms with Crippen molar-refractivity contribution in [2.24, 2.45) is 0 Å². The van der Waals surface area contributed by atoms with E-state index in [1.807, 2.05) is 0 Å². The second-order valence-corrected chi connectivity index (χ2v) is 8.41. The molecule has 1 radical (unpaired) electrons. The topological polar surface area (TPSA) is 0 Å². The third-order valence-electron chi connectivity index (χ3n) is 5.96. The van der Waals surface area contributed by atoms with Gasteiger partial charge in [0.25, 0.3) is 0 Å². The Hall–Kier alpha value is -3.28. The number of benzene rings is 4. The predicted octanol–water partition coefficient (Wildman–Crippen LogP) is 10.3. The molecular formula is C35H33Zr. The van der Waals surface area contributed by atoms with Gasteiger partial charge in [0.2, 0.25) is 0 Å². The number of fused-ring (bicyclic) bond motifs is 2. The van der Waals surface area contributed by atoms with Gasteiger partial charge in [0.05, 0.1) is 0 Å². The molecule has 0 nitrogen and oxygen atoms in total. The monoisotopic (exact) mass is 543 g/mol. The van der Waals surface area contributed by atoms with Crippen LogP contribution in [0.4, 0.5) is 0 Å². The molecule has 1 heteroatoms. The molecule has 0 heterocycles. The summed E-state index contributed by atoms with van der Waals surface area (Å²) in [6, 6.07) is 43.1. The fraction of sp³-hybridized carbons (Fsp3) is 0.0571. The van der Waals surface area contributed by atoms with Gasteiger partial charge in [0.15, 0.2) is 0 Å². The van der Waals surface area contributed by atoms with Crippen molar-refractivity contribution in [1.82, 2.24) is 0 Å². The summed E-state index contributed by atoms with van der Waals surface area (Å²) >= 11 is 0. The first-order valence-electron chi connectivity index (χ1n) is 11.6. The maximum atomic E-state index is 3.00. The van der Waals surface area contributed by atoms with Gasteiger partial charge in [0, 0.05) is 0 Å². The number of hydrogen-bond donors (Lipinski definition) is 0. The van der Waals surface area contributed by atoms with Gasteiger partial charge >= 0.3 is 26.2 Å². The number of hydrogen-bond acceptors (Lipinski definition) is 0. The summed E-state index contributed by atoms with van der Waals surface area (Å²) in [7, 11) is 0. The van der Waals surface area contributed by atoms with Crippen molar-refractivity contribution >= 4 is 21.5 Å². The molecule has 0 saturated carbocycles. The Labute approximate surface area is 235 Å². The van der Waals surface area contributed by atoms with Gasteiger partial charge in [-0.15, -0.1) is 82.2 Å². The first kappa shape index (κ1) is 29.0. The van der Waals surface area contributed by atoms with Gasteiger partial charge in [-0.3, -0.25) is 0 Å². The van der Waals surface area contributed by atoms with Crippen LogP contribution in [0, 0.1) is 21.3 Å². The molecule has 0 bridgehead atoms. The zero-order valence-corrected chi connectivity index (χ0v) is 23.9. The van der Waals surface area contributed by atoms with Crippen molar-refractivity contribution in [3.8, 4) is 22.3 Å². The van der Waals surface area contributed by atoms with Crippen LogP contribution in [0.1, 0.15) is 11.1 Å². The van der Waals surface area contributed by atoms with Gasteiger partial charge in [-0.05, 0) is 11.1 Å². The second kappa shape index (κ2) is 13.7. The third-order valence-corrected chi connectivity index (χ3v) is 5.96. The first-order chi connectivity index (χ1) is 16.7. The summed E-state index contributed by atoms with van der Waals surface area (Å²) in [6.07, 6.45) is 0. The Morgan fingerprint density at radius 2 is 0.861 bits per heavy atom. The van der Waals surface area contributed by atoms with E-state index >= 15 is 0 Å². The van der Waals surface area contributed by atoms with Crippen LogP contribution in [-0.4, -0.2) is 0 Å². The van der Waals surface area contributed by atoms with Crippen LogP contribution >= 0.6 is 0 Å². The fourth-order valence-corrected chi connectivity index (χ4v) is 4.51. The summed E-state index contributed by atoms with van der Waals surface area (Å²) in [6.45, 7) is 10.3. The van der Waals surface area contributed by atoms with Crippen molar-refractivity contribution in [2.75, 3.05) is 0 Å². The molecule has 0 atom stereocenters. The van der Waals surface area contributed by atoms with Crippen molar-refractivity contribution in [3.05, 3.63) is 153 Å². The van der Waals surface area contributed by atoms with Gasteiger partial charge < -0.3 is 7.43 Å². The molecule has 36 heavy (non-hydrogen) atoms. The minimum absolute atomic E-state index is 0. The summed E-state index contributed by atoms with van der Waals surface area (Å²) in [5.41, 5.74) is 7.89. The molecule has 0 aliphatic rings. The van der Waals surface area contributed by atoms with E-state index in [0.717, 1.165) is 0 Å². The Morgan fingerprint density at radius 3 is 1.22 bits per heavy atom. The summed E-state index contributed by atoms with van der Waals surface area (Å²) in [4.78, 5) is 0. The molecule has 0 saturated heterocycles. The smallest absolute Gasteiger partial charge is 0.358 e. The Balaban J connectivity index is 0.000000226. The molecule has 177 valence electrons. The van der Waals surface area contributed by atoms with Gasteiger partial charge in [0.1, 0.15) is 0 Å². The van der Waals surface area contributed by atoms with Crippen molar-refractivity contribution in [3.63, 3.8) is 0 Å². The maximum absolute atomic E-state index is 3.00. The summed E-state index contributed by atoms with van der Waals surface area (Å²) in [5, 5.41) is 5.37. The normalized spacial score (nSPS) is 9.72. The molecule has 0 aromatic heterocycles. The standard InChI is InChI=1S/2C16H13.C2H4.CH3.Zr/c2*1-12-10-14-8-5-9-15(16(14)11-12)13-6-3-2-4-7-13;1-2;;/h2*2-11H,1H3;1-2H2;1H3;/q2*-1;;-1;+3. The van der Waals surface area contributed by atoms with Crippen LogP contribution in [0.15, 0.2) is 134 Å². The van der Waals surface area contributed by atoms with Crippen molar-refractivity contribution in [1.29, 1.82) is 0 Å². The van der Waals surface area contributed by atoms with E-state index in [-0.39, 0.29) is 33.6 Å². The second-order valence-electron chi connectivity index (χ2n) is 8.41. The van der Waals surface area contributed by atoms with Gasteiger partial charge in [-0.1, -0.05) is 97.8 Å². The third kappa shape index (κ3) is 6.48. The van der Waals surface area contributed by atoms with E-state index < -0.39 is 0 Å². The fourth-order valence-electron chi connectivity index (χ4n) is 4.51. The maximum Gasteiger partial charge on any atom is 3.00 e. The molecule has 6 aromatic carbocycles. The van der Waals surface area contributed by atoms with E-state index in [1.54, 1.807) is 0 Å². The molecule has 0 amide bonds. The summed E-state index contributed by atoms with van der Waals surface area (Å²) in [5.74, 6) is 0. The molecule has 0 N–H and O–H groups in total. The van der Waals surface area contributed by atoms with Crippen LogP contribution in [0.5, 0.6) is 0 Å². The van der Waals surface area contributed by atoms with Crippen molar-refractivity contribution in [2.45, 2.75) is 13.8 Å². The Bertz CT molecular complexity index is 1370.